The van der Waals surface area contributed by atoms with Crippen molar-refractivity contribution in [1.82, 2.24) is 19.6 Å². The molecule has 0 bridgehead atoms. The number of nitrogen functional groups attached to an aromatic ring is 1. The van der Waals surface area contributed by atoms with Crippen LogP contribution in [-0.2, 0) is 24.0 Å². The zero-order valence-corrected chi connectivity index (χ0v) is 20.1. The molecule has 36 heavy (non-hydrogen) atoms. The zero-order valence-electron chi connectivity index (χ0n) is 17.7. The van der Waals surface area contributed by atoms with E-state index in [2.05, 4.69) is 26.4 Å². The Morgan fingerprint density at radius 3 is 2.50 bits per heavy atom. The fourth-order valence-corrected chi connectivity index (χ4v) is 4.78. The minimum absolute atomic E-state index is 0.00345. The van der Waals surface area contributed by atoms with E-state index in [0.29, 0.717) is 11.3 Å². The molecule has 0 saturated carbocycles. The van der Waals surface area contributed by atoms with E-state index in [9.17, 15) is 32.7 Å². The van der Waals surface area contributed by atoms with E-state index in [1.807, 2.05) is 0 Å². The number of rotatable bonds is 8. The van der Waals surface area contributed by atoms with Gasteiger partial charge in [0.05, 0.1) is 0 Å². The second-order valence-electron chi connectivity index (χ2n) is 6.54. The highest BCUT2D eigenvalue weighted by molar-refractivity contribution is 8.00. The second kappa shape index (κ2) is 12.0. The molecular formula is C17H16ClF3N6O7S2. The maximum absolute atomic E-state index is 12.7. The van der Waals surface area contributed by atoms with E-state index in [0.717, 1.165) is 16.4 Å². The Labute approximate surface area is 213 Å². The van der Waals surface area contributed by atoms with Crippen molar-refractivity contribution < 1.29 is 47.4 Å². The van der Waals surface area contributed by atoms with Gasteiger partial charge >= 0.3 is 18.1 Å². The van der Waals surface area contributed by atoms with Crippen molar-refractivity contribution in [2.24, 2.45) is 5.16 Å². The maximum atomic E-state index is 12.7. The summed E-state index contributed by atoms with van der Waals surface area (Å²) >= 11 is 7.97. The molecule has 0 aliphatic carbocycles. The third-order valence-electron chi connectivity index (χ3n) is 4.16. The van der Waals surface area contributed by atoms with Crippen LogP contribution >= 0.6 is 34.9 Å². The molecule has 3 rings (SSSR count). The predicted molar refractivity (Wildman–Crippen MR) is 121 cm³/mol. The fourth-order valence-electron chi connectivity index (χ4n) is 2.67. The third-order valence-corrected chi connectivity index (χ3v) is 6.36. The largest absolute Gasteiger partial charge is 0.490 e. The van der Waals surface area contributed by atoms with Crippen molar-refractivity contribution >= 4 is 69.5 Å². The number of carbonyl (C=O) groups is 4. The van der Waals surface area contributed by atoms with Crippen LogP contribution in [0.5, 0.6) is 0 Å². The lowest BCUT2D eigenvalue weighted by Crippen LogP contribution is -2.71. The fraction of sp³-hybridized carbons (Fsp3) is 0.353. The number of carboxylic acid groups (broad SMARTS) is 2. The second-order valence-corrected chi connectivity index (χ2v) is 8.69. The molecule has 2 atom stereocenters. The number of nitrogens with zero attached hydrogens (tertiary/aromatic N) is 4. The zero-order chi connectivity index (χ0) is 27.2. The Balaban J connectivity index is 0.000000572. The van der Waals surface area contributed by atoms with Crippen LogP contribution in [0.4, 0.5) is 18.3 Å². The Morgan fingerprint density at radius 1 is 1.39 bits per heavy atom. The normalized spacial score (nSPS) is 19.4. The van der Waals surface area contributed by atoms with Crippen LogP contribution in [0.3, 0.4) is 0 Å². The summed E-state index contributed by atoms with van der Waals surface area (Å²) in [5.74, 6) is -5.04. The topological polar surface area (TPSA) is 197 Å². The molecular weight excluding hydrogens is 557 g/mol. The number of oxime groups is 1. The van der Waals surface area contributed by atoms with Gasteiger partial charge in [-0.2, -0.15) is 22.5 Å². The van der Waals surface area contributed by atoms with Crippen LogP contribution in [0.1, 0.15) is 5.82 Å². The monoisotopic (exact) mass is 572 g/mol. The molecule has 0 radical (unpaired) electrons. The van der Waals surface area contributed by atoms with Crippen molar-refractivity contribution in [3.8, 4) is 0 Å². The quantitative estimate of drug-likeness (QED) is 0.0851. The van der Waals surface area contributed by atoms with Crippen molar-refractivity contribution in [1.29, 1.82) is 0 Å². The number of anilines is 1. The number of carboxylic acids is 2. The number of halogens is 4. The lowest BCUT2D eigenvalue weighted by Gasteiger charge is -2.49. The molecule has 0 spiro atoms. The number of β-lactam (4-membered cyclic amide) rings is 1. The van der Waals surface area contributed by atoms with Crippen LogP contribution in [0, 0.1) is 0 Å². The summed E-state index contributed by atoms with van der Waals surface area (Å²) in [6.07, 6.45) is -3.65. The van der Waals surface area contributed by atoms with E-state index in [-0.39, 0.29) is 34.9 Å². The number of thioether (sulfide) groups is 1. The first-order chi connectivity index (χ1) is 16.8. The molecule has 0 aromatic carbocycles. The highest BCUT2D eigenvalue weighted by Gasteiger charge is 2.54. The Morgan fingerprint density at radius 2 is 2.03 bits per heavy atom. The van der Waals surface area contributed by atoms with Crippen molar-refractivity contribution in [3.63, 3.8) is 0 Å². The summed E-state index contributed by atoms with van der Waals surface area (Å²) in [7, 11) is 0. The summed E-state index contributed by atoms with van der Waals surface area (Å²) in [6.45, 7) is 3.52. The van der Waals surface area contributed by atoms with E-state index >= 15 is 0 Å². The summed E-state index contributed by atoms with van der Waals surface area (Å²) in [4.78, 5) is 55.7. The number of hydrogen-bond acceptors (Lipinski definition) is 11. The van der Waals surface area contributed by atoms with Crippen LogP contribution in [-0.4, -0.2) is 89.8 Å². The minimum Gasteiger partial charge on any atom is -0.477 e. The number of fused-ring (bicyclic) bond motifs is 1. The first kappa shape index (κ1) is 28.9. The van der Waals surface area contributed by atoms with Gasteiger partial charge in [0.25, 0.3) is 11.8 Å². The summed E-state index contributed by atoms with van der Waals surface area (Å²) in [6, 6.07) is -0.945. The summed E-state index contributed by atoms with van der Waals surface area (Å²) in [5, 5.41) is 22.4. The highest BCUT2D eigenvalue weighted by Crippen LogP contribution is 2.40. The average molecular weight is 573 g/mol. The standard InChI is InChI=1S/C15H15ClN6O5S2.C2HF3O2/c1-2-3-27-20-7(10-19-15(17)29-21-10)11(23)18-8-12(24)22-9(14(25)26)6(4-16)5-28-13(8)22;3-2(4,5)1(6)7/h2,8,13H,1,3-5H2,(H,18,23)(H,25,26)(H2,17,19,21);(H,6,7)/b20-7+;/t8-,13-;/m1./s1. The molecule has 1 aromatic rings. The van der Waals surface area contributed by atoms with Gasteiger partial charge in [-0.05, 0) is 5.57 Å². The number of hydrogen-bond donors (Lipinski definition) is 4. The molecule has 2 amide bonds. The maximum Gasteiger partial charge on any atom is 0.490 e. The highest BCUT2D eigenvalue weighted by atomic mass is 35.5. The molecule has 1 fully saturated rings. The molecule has 1 saturated heterocycles. The van der Waals surface area contributed by atoms with Gasteiger partial charge in [0.1, 0.15) is 23.7 Å². The van der Waals surface area contributed by atoms with E-state index in [4.69, 9.17) is 32.1 Å². The number of alkyl halides is 4. The van der Waals surface area contributed by atoms with Crippen LogP contribution in [0.15, 0.2) is 29.1 Å². The third kappa shape index (κ3) is 6.64. The van der Waals surface area contributed by atoms with Gasteiger partial charge in [-0.15, -0.1) is 23.4 Å². The van der Waals surface area contributed by atoms with Gasteiger partial charge in [-0.25, -0.2) is 9.59 Å². The number of aromatic nitrogens is 2. The molecule has 2 aliphatic heterocycles. The van der Waals surface area contributed by atoms with Gasteiger partial charge in [0.2, 0.25) is 11.5 Å². The molecule has 196 valence electrons. The van der Waals surface area contributed by atoms with E-state index in [1.54, 1.807) is 0 Å². The Hall–Kier alpha value is -3.38. The van der Waals surface area contributed by atoms with Gasteiger partial charge in [0, 0.05) is 23.2 Å². The Kier molecular flexibility index (Phi) is 9.65. The smallest absolute Gasteiger partial charge is 0.477 e. The van der Waals surface area contributed by atoms with Gasteiger partial charge in [-0.3, -0.25) is 14.5 Å². The van der Waals surface area contributed by atoms with Crippen LogP contribution in [0.2, 0.25) is 0 Å². The first-order valence-electron chi connectivity index (χ1n) is 9.30. The number of nitrogens with two attached hydrogens (primary N) is 1. The number of amides is 2. The average Bonchev–Trinajstić information content (AvgIpc) is 3.24. The molecule has 1 aromatic heterocycles. The van der Waals surface area contributed by atoms with Gasteiger partial charge < -0.3 is 26.1 Å². The number of carbonyl (C=O) groups excluding carboxylic acids is 2. The predicted octanol–water partition coefficient (Wildman–Crippen LogP) is 0.638. The first-order valence-corrected chi connectivity index (χ1v) is 11.7. The summed E-state index contributed by atoms with van der Waals surface area (Å²) < 4.78 is 35.7. The Bertz CT molecular complexity index is 1130. The van der Waals surface area contributed by atoms with Crippen LogP contribution < -0.4 is 11.1 Å². The molecule has 3 heterocycles. The van der Waals surface area contributed by atoms with E-state index < -0.39 is 41.3 Å². The SMILES string of the molecule is C=CCO/N=C(/C(=O)N[C@@H]1C(=O)N2C(C(=O)O)=C(CCl)CS[C@H]12)c1nsc(N)n1.O=C(O)C(F)(F)F. The van der Waals surface area contributed by atoms with E-state index in [1.165, 1.54) is 17.8 Å². The van der Waals surface area contributed by atoms with Crippen molar-refractivity contribution in [2.75, 3.05) is 24.0 Å². The molecule has 19 heteroatoms. The van der Waals surface area contributed by atoms with Gasteiger partial charge in [-0.1, -0.05) is 17.8 Å². The van der Waals surface area contributed by atoms with Crippen molar-refractivity contribution in [3.05, 3.63) is 29.7 Å². The number of aliphatic carboxylic acids is 2. The molecule has 5 N–H and O–H groups in total. The lowest BCUT2D eigenvalue weighted by molar-refractivity contribution is -0.192. The molecule has 13 nitrogen and oxygen atoms in total. The minimum atomic E-state index is -5.08. The van der Waals surface area contributed by atoms with Crippen LogP contribution in [0.25, 0.3) is 0 Å². The molecule has 0 unspecified atom stereocenters. The lowest BCUT2D eigenvalue weighted by atomic mass is 10.0. The van der Waals surface area contributed by atoms with Gasteiger partial charge in [0.15, 0.2) is 5.13 Å². The molecule has 2 aliphatic rings. The van der Waals surface area contributed by atoms with Crippen molar-refractivity contribution in [2.45, 2.75) is 17.6 Å². The number of nitrogens with one attached hydrogen (secondary N) is 1. The summed E-state index contributed by atoms with van der Waals surface area (Å²) in [5.41, 5.74) is 5.60.